The van der Waals surface area contributed by atoms with E-state index in [9.17, 15) is 21.6 Å². The molecule has 3 aromatic rings. The average Bonchev–Trinajstić information content (AvgIpc) is 3.04. The third kappa shape index (κ3) is 4.76. The van der Waals surface area contributed by atoms with Gasteiger partial charge in [0, 0.05) is 25.7 Å². The molecule has 0 aromatic heterocycles. The third-order valence-electron chi connectivity index (χ3n) is 6.38. The number of fused-ring (bicyclic) bond motifs is 2. The molecule has 0 aliphatic carbocycles. The van der Waals surface area contributed by atoms with Crippen LogP contribution in [0.4, 0.5) is 18.9 Å². The zero-order valence-electron chi connectivity index (χ0n) is 20.1. The molecule has 1 saturated heterocycles. The van der Waals surface area contributed by atoms with E-state index in [0.29, 0.717) is 22.9 Å². The lowest BCUT2D eigenvalue weighted by Crippen LogP contribution is -2.55. The maximum Gasteiger partial charge on any atom is 0.416 e. The fourth-order valence-electron chi connectivity index (χ4n) is 4.52. The number of benzene rings is 3. The average molecular weight is 532 g/mol. The van der Waals surface area contributed by atoms with Crippen molar-refractivity contribution in [3.63, 3.8) is 0 Å². The minimum atomic E-state index is -4.54. The normalized spacial score (nSPS) is 18.2. The number of alkyl halides is 3. The van der Waals surface area contributed by atoms with Crippen molar-refractivity contribution in [3.8, 4) is 17.2 Å². The molecule has 0 radical (unpaired) electrons. The largest absolute Gasteiger partial charge is 0.497 e. The molecule has 0 N–H and O–H groups in total. The molecule has 2 heterocycles. The Balaban J connectivity index is 1.54. The van der Waals surface area contributed by atoms with E-state index in [1.807, 2.05) is 4.90 Å². The van der Waals surface area contributed by atoms with Gasteiger partial charge >= 0.3 is 6.18 Å². The van der Waals surface area contributed by atoms with Crippen LogP contribution in [0.5, 0.6) is 17.2 Å². The molecule has 0 saturated carbocycles. The molecule has 1 fully saturated rings. The summed E-state index contributed by atoms with van der Waals surface area (Å²) in [6.07, 6.45) is -4.54. The van der Waals surface area contributed by atoms with Crippen LogP contribution in [0.2, 0.25) is 0 Å². The number of hydrogen-bond donors (Lipinski definition) is 0. The van der Waals surface area contributed by atoms with Crippen LogP contribution in [-0.4, -0.2) is 56.2 Å². The molecular formula is C26H24F3N3O4S. The van der Waals surface area contributed by atoms with E-state index in [0.717, 1.165) is 12.1 Å². The van der Waals surface area contributed by atoms with Gasteiger partial charge in [-0.15, -0.1) is 0 Å². The summed E-state index contributed by atoms with van der Waals surface area (Å²) in [5, 5.41) is 0. The Morgan fingerprint density at radius 2 is 1.73 bits per heavy atom. The van der Waals surface area contributed by atoms with Crippen molar-refractivity contribution in [1.82, 2.24) is 9.21 Å². The lowest BCUT2D eigenvalue weighted by Gasteiger charge is -2.40. The maximum atomic E-state index is 13.4. The van der Waals surface area contributed by atoms with Gasteiger partial charge in [-0.25, -0.2) is 13.4 Å². The molecule has 2 aliphatic heterocycles. The van der Waals surface area contributed by atoms with Gasteiger partial charge in [0.2, 0.25) is 10.0 Å². The number of nitrogens with zero attached hydrogens (tertiary/aromatic N) is 3. The summed E-state index contributed by atoms with van der Waals surface area (Å²) in [7, 11) is -2.21. The van der Waals surface area contributed by atoms with Crippen LogP contribution in [0, 0.1) is 0 Å². The van der Waals surface area contributed by atoms with Crippen molar-refractivity contribution in [1.29, 1.82) is 0 Å². The topological polar surface area (TPSA) is 71.4 Å². The van der Waals surface area contributed by atoms with Crippen LogP contribution in [0.1, 0.15) is 18.1 Å². The molecule has 5 rings (SSSR count). The number of halogens is 3. The lowest BCUT2D eigenvalue weighted by atomic mass is 10.1. The summed E-state index contributed by atoms with van der Waals surface area (Å²) in [6.45, 7) is 2.52. The van der Waals surface area contributed by atoms with Gasteiger partial charge in [0.15, 0.2) is 5.75 Å². The number of sulfonamides is 1. The number of hydrogen-bond acceptors (Lipinski definition) is 6. The number of piperazine rings is 1. The minimum absolute atomic E-state index is 0.0342. The van der Waals surface area contributed by atoms with Gasteiger partial charge in [-0.05, 0) is 55.5 Å². The third-order valence-corrected chi connectivity index (χ3v) is 8.40. The summed E-state index contributed by atoms with van der Waals surface area (Å²) >= 11 is 0. The molecule has 3 aromatic carbocycles. The molecular weight excluding hydrogens is 507 g/mol. The van der Waals surface area contributed by atoms with Gasteiger partial charge in [-0.2, -0.15) is 17.5 Å². The molecule has 7 nitrogen and oxygen atoms in total. The highest BCUT2D eigenvalue weighted by molar-refractivity contribution is 7.89. The first kappa shape index (κ1) is 25.1. The van der Waals surface area contributed by atoms with Gasteiger partial charge in [0.1, 0.15) is 23.0 Å². The number of amidine groups is 1. The van der Waals surface area contributed by atoms with Crippen LogP contribution >= 0.6 is 0 Å². The fraction of sp³-hybridized carbons (Fsp3) is 0.269. The highest BCUT2D eigenvalue weighted by atomic mass is 32.2. The van der Waals surface area contributed by atoms with Crippen molar-refractivity contribution < 1.29 is 31.1 Å². The maximum absolute atomic E-state index is 13.4. The van der Waals surface area contributed by atoms with E-state index in [-0.39, 0.29) is 36.0 Å². The highest BCUT2D eigenvalue weighted by Crippen LogP contribution is 2.42. The summed E-state index contributed by atoms with van der Waals surface area (Å²) in [6, 6.07) is 16.0. The summed E-state index contributed by atoms with van der Waals surface area (Å²) < 4.78 is 79.6. The molecule has 194 valence electrons. The Labute approximate surface area is 212 Å². The Kier molecular flexibility index (Phi) is 6.36. The van der Waals surface area contributed by atoms with Gasteiger partial charge < -0.3 is 14.4 Å². The Morgan fingerprint density at radius 1 is 1.00 bits per heavy atom. The summed E-state index contributed by atoms with van der Waals surface area (Å²) in [5.41, 5.74) is -0.267. The molecule has 0 unspecified atom stereocenters. The Hall–Kier alpha value is -3.57. The first-order valence-corrected chi connectivity index (χ1v) is 13.0. The van der Waals surface area contributed by atoms with Crippen LogP contribution in [-0.2, 0) is 16.2 Å². The second-order valence-electron chi connectivity index (χ2n) is 8.80. The first-order valence-electron chi connectivity index (χ1n) is 11.6. The number of rotatable bonds is 3. The zero-order valence-corrected chi connectivity index (χ0v) is 20.9. The number of aliphatic imine (C=N–C) groups is 1. The van der Waals surface area contributed by atoms with Crippen LogP contribution < -0.4 is 9.47 Å². The first-order chi connectivity index (χ1) is 17.6. The van der Waals surface area contributed by atoms with Crippen molar-refractivity contribution in [2.45, 2.75) is 24.0 Å². The van der Waals surface area contributed by atoms with E-state index in [1.54, 1.807) is 55.5 Å². The van der Waals surface area contributed by atoms with Gasteiger partial charge in [-0.3, -0.25) is 0 Å². The van der Waals surface area contributed by atoms with Crippen LogP contribution in [0.15, 0.2) is 76.6 Å². The molecule has 0 spiro atoms. The molecule has 1 atom stereocenters. The van der Waals surface area contributed by atoms with Crippen molar-refractivity contribution in [2.24, 2.45) is 4.99 Å². The lowest BCUT2D eigenvalue weighted by molar-refractivity contribution is -0.137. The van der Waals surface area contributed by atoms with Crippen LogP contribution in [0.3, 0.4) is 0 Å². The Morgan fingerprint density at radius 3 is 2.41 bits per heavy atom. The second kappa shape index (κ2) is 9.38. The van der Waals surface area contributed by atoms with E-state index in [1.165, 1.54) is 17.5 Å². The monoisotopic (exact) mass is 531 g/mol. The molecule has 0 amide bonds. The Bertz CT molecular complexity index is 1460. The van der Waals surface area contributed by atoms with Gasteiger partial charge in [-0.1, -0.05) is 18.2 Å². The van der Waals surface area contributed by atoms with E-state index in [4.69, 9.17) is 9.47 Å². The van der Waals surface area contributed by atoms with Gasteiger partial charge in [0.05, 0.1) is 23.1 Å². The fourth-order valence-corrected chi connectivity index (χ4v) is 6.15. The zero-order chi connectivity index (χ0) is 26.4. The molecule has 0 bridgehead atoms. The smallest absolute Gasteiger partial charge is 0.416 e. The standard InChI is InChI=1S/C26H24F3N3O4S/c1-17-16-31(12-13-32(17)37(33,34)20-6-4-3-5-7-20)25-21-15-19(35-2)9-11-23(21)36-24-10-8-18(26(27,28)29)14-22(24)30-25/h3-11,14-15,17H,12-13,16H2,1-2H3/t17-/m1/s1. The molecule has 37 heavy (non-hydrogen) atoms. The molecule has 2 aliphatic rings. The quantitative estimate of drug-likeness (QED) is 0.459. The SMILES string of the molecule is COc1ccc2c(c1)C(N1CCN(S(=O)(=O)c3ccccc3)[C@H](C)C1)=Nc1cc(C(F)(F)F)ccc1O2. The van der Waals surface area contributed by atoms with Crippen molar-refractivity contribution in [2.75, 3.05) is 26.7 Å². The van der Waals surface area contributed by atoms with Crippen LogP contribution in [0.25, 0.3) is 0 Å². The predicted octanol–water partition coefficient (Wildman–Crippen LogP) is 5.29. The predicted molar refractivity (Wildman–Crippen MR) is 132 cm³/mol. The second-order valence-corrected chi connectivity index (χ2v) is 10.7. The number of ether oxygens (including phenoxy) is 2. The number of methoxy groups -OCH3 is 1. The summed E-state index contributed by atoms with van der Waals surface area (Å²) in [4.78, 5) is 6.71. The highest BCUT2D eigenvalue weighted by Gasteiger charge is 2.37. The van der Waals surface area contributed by atoms with Gasteiger partial charge in [0.25, 0.3) is 0 Å². The van der Waals surface area contributed by atoms with E-state index < -0.39 is 27.8 Å². The minimum Gasteiger partial charge on any atom is -0.497 e. The molecule has 11 heteroatoms. The van der Waals surface area contributed by atoms with E-state index in [2.05, 4.69) is 4.99 Å². The van der Waals surface area contributed by atoms with E-state index >= 15 is 0 Å². The van der Waals surface area contributed by atoms with Crippen molar-refractivity contribution >= 4 is 21.5 Å². The van der Waals surface area contributed by atoms with Crippen molar-refractivity contribution in [3.05, 3.63) is 77.9 Å². The summed E-state index contributed by atoms with van der Waals surface area (Å²) in [5.74, 6) is 1.50.